The SMILES string of the molecule is Cc1cccc(-n2ncc3c(NNC(=O)c4ccc(Cl)cc4)ncnc32)c1. The first-order chi connectivity index (χ1) is 13.1. The molecule has 27 heavy (non-hydrogen) atoms. The highest BCUT2D eigenvalue weighted by Crippen LogP contribution is 2.21. The summed E-state index contributed by atoms with van der Waals surface area (Å²) in [5.74, 6) is 0.158. The number of aromatic nitrogens is 4. The maximum atomic E-state index is 12.2. The highest BCUT2D eigenvalue weighted by molar-refractivity contribution is 6.30. The number of aryl methyl sites for hydroxylation is 1. The minimum absolute atomic E-state index is 0.301. The van der Waals surface area contributed by atoms with E-state index in [0.29, 0.717) is 27.4 Å². The Morgan fingerprint density at radius 3 is 2.70 bits per heavy atom. The molecule has 4 aromatic rings. The Kier molecular flexibility index (Phi) is 4.43. The number of fused-ring (bicyclic) bond motifs is 1. The fourth-order valence-corrected chi connectivity index (χ4v) is 2.81. The lowest BCUT2D eigenvalue weighted by Crippen LogP contribution is -2.29. The van der Waals surface area contributed by atoms with E-state index in [0.717, 1.165) is 11.3 Å². The lowest BCUT2D eigenvalue weighted by molar-refractivity contribution is 0.0962. The van der Waals surface area contributed by atoms with Gasteiger partial charge in [0.05, 0.1) is 17.3 Å². The van der Waals surface area contributed by atoms with Gasteiger partial charge in [-0.2, -0.15) is 5.10 Å². The third-order valence-corrected chi connectivity index (χ3v) is 4.26. The monoisotopic (exact) mass is 378 g/mol. The van der Waals surface area contributed by atoms with Crippen molar-refractivity contribution in [2.45, 2.75) is 6.92 Å². The van der Waals surface area contributed by atoms with Crippen molar-refractivity contribution in [1.82, 2.24) is 25.2 Å². The van der Waals surface area contributed by atoms with Crippen LogP contribution in [0.25, 0.3) is 16.7 Å². The first-order valence-corrected chi connectivity index (χ1v) is 8.57. The average molecular weight is 379 g/mol. The van der Waals surface area contributed by atoms with E-state index in [4.69, 9.17) is 11.6 Å². The summed E-state index contributed by atoms with van der Waals surface area (Å²) >= 11 is 5.84. The number of rotatable bonds is 4. The Morgan fingerprint density at radius 1 is 1.11 bits per heavy atom. The molecule has 0 aliphatic heterocycles. The van der Waals surface area contributed by atoms with Gasteiger partial charge in [-0.05, 0) is 48.9 Å². The van der Waals surface area contributed by atoms with Gasteiger partial charge in [0.25, 0.3) is 5.91 Å². The molecule has 134 valence electrons. The van der Waals surface area contributed by atoms with Gasteiger partial charge in [-0.25, -0.2) is 14.6 Å². The summed E-state index contributed by atoms with van der Waals surface area (Å²) in [5.41, 5.74) is 8.61. The number of amides is 1. The Labute approximate surface area is 160 Å². The van der Waals surface area contributed by atoms with Gasteiger partial charge in [-0.1, -0.05) is 23.7 Å². The fraction of sp³-hybridized carbons (Fsp3) is 0.0526. The first kappa shape index (κ1) is 17.0. The summed E-state index contributed by atoms with van der Waals surface area (Å²) < 4.78 is 1.73. The van der Waals surface area contributed by atoms with Crippen molar-refractivity contribution in [2.24, 2.45) is 0 Å². The van der Waals surface area contributed by atoms with Crippen molar-refractivity contribution in [3.63, 3.8) is 0 Å². The molecule has 7 nitrogen and oxygen atoms in total. The van der Waals surface area contributed by atoms with Gasteiger partial charge >= 0.3 is 0 Å². The molecule has 0 bridgehead atoms. The fourth-order valence-electron chi connectivity index (χ4n) is 2.68. The zero-order valence-electron chi connectivity index (χ0n) is 14.3. The number of anilines is 1. The number of carbonyl (C=O) groups excluding carboxylic acids is 1. The predicted molar refractivity (Wildman–Crippen MR) is 104 cm³/mol. The van der Waals surface area contributed by atoms with E-state index in [9.17, 15) is 4.79 Å². The number of hydrogen-bond donors (Lipinski definition) is 2. The van der Waals surface area contributed by atoms with Crippen molar-refractivity contribution in [3.05, 3.63) is 77.2 Å². The predicted octanol–water partition coefficient (Wildman–Crippen LogP) is 3.53. The van der Waals surface area contributed by atoms with E-state index in [2.05, 4.69) is 25.9 Å². The summed E-state index contributed by atoms with van der Waals surface area (Å²) in [4.78, 5) is 20.8. The van der Waals surface area contributed by atoms with Crippen LogP contribution in [0, 0.1) is 6.92 Å². The second-order valence-electron chi connectivity index (χ2n) is 5.94. The molecular weight excluding hydrogens is 364 g/mol. The van der Waals surface area contributed by atoms with Crippen LogP contribution < -0.4 is 10.9 Å². The second kappa shape index (κ2) is 7.05. The Hall–Kier alpha value is -3.45. The zero-order chi connectivity index (χ0) is 18.8. The van der Waals surface area contributed by atoms with Crippen molar-refractivity contribution in [2.75, 3.05) is 5.43 Å². The number of nitrogens with one attached hydrogen (secondary N) is 2. The van der Waals surface area contributed by atoms with Gasteiger partial charge in [-0.15, -0.1) is 0 Å². The second-order valence-corrected chi connectivity index (χ2v) is 6.38. The third-order valence-electron chi connectivity index (χ3n) is 4.01. The molecule has 2 aromatic carbocycles. The van der Waals surface area contributed by atoms with Crippen LogP contribution in [0.5, 0.6) is 0 Å². The lowest BCUT2D eigenvalue weighted by atomic mass is 10.2. The van der Waals surface area contributed by atoms with Crippen LogP contribution in [0.2, 0.25) is 5.02 Å². The summed E-state index contributed by atoms with van der Waals surface area (Å²) in [6.45, 7) is 2.02. The van der Waals surface area contributed by atoms with Gasteiger partial charge in [0.2, 0.25) is 0 Å². The normalized spacial score (nSPS) is 10.7. The number of benzene rings is 2. The molecule has 0 aliphatic carbocycles. The minimum Gasteiger partial charge on any atom is -0.281 e. The standard InChI is InChI=1S/C19H15ClN6O/c1-12-3-2-4-15(9-12)26-18-16(10-23-26)17(21-11-22-18)24-25-19(27)13-5-7-14(20)8-6-13/h2-11H,1H3,(H,25,27)(H,21,22,24). The largest absolute Gasteiger partial charge is 0.281 e. The molecule has 0 unspecified atom stereocenters. The molecule has 0 aliphatic rings. The lowest BCUT2D eigenvalue weighted by Gasteiger charge is -2.09. The van der Waals surface area contributed by atoms with Crippen LogP contribution in [0.4, 0.5) is 5.82 Å². The summed E-state index contributed by atoms with van der Waals surface area (Å²) in [6.07, 6.45) is 3.08. The summed E-state index contributed by atoms with van der Waals surface area (Å²) in [6, 6.07) is 14.6. The Balaban J connectivity index is 1.60. The van der Waals surface area contributed by atoms with Gasteiger partial charge in [-0.3, -0.25) is 15.6 Å². The minimum atomic E-state index is -0.301. The van der Waals surface area contributed by atoms with Crippen LogP contribution >= 0.6 is 11.6 Å². The number of nitrogens with zero attached hydrogens (tertiary/aromatic N) is 4. The number of hydrazine groups is 1. The van der Waals surface area contributed by atoms with E-state index < -0.39 is 0 Å². The summed E-state index contributed by atoms with van der Waals surface area (Å²) in [5, 5.41) is 5.67. The molecule has 0 atom stereocenters. The first-order valence-electron chi connectivity index (χ1n) is 8.19. The maximum Gasteiger partial charge on any atom is 0.269 e. The average Bonchev–Trinajstić information content (AvgIpc) is 3.11. The molecule has 0 saturated carbocycles. The van der Waals surface area contributed by atoms with Crippen LogP contribution in [-0.2, 0) is 0 Å². The molecular formula is C19H15ClN6O. The van der Waals surface area contributed by atoms with Crippen molar-refractivity contribution >= 4 is 34.4 Å². The maximum absolute atomic E-state index is 12.2. The number of halogens is 1. The van der Waals surface area contributed by atoms with Gasteiger partial charge in [0, 0.05) is 10.6 Å². The highest BCUT2D eigenvalue weighted by Gasteiger charge is 2.12. The molecule has 8 heteroatoms. The van der Waals surface area contributed by atoms with E-state index >= 15 is 0 Å². The van der Waals surface area contributed by atoms with Crippen molar-refractivity contribution in [1.29, 1.82) is 0 Å². The molecule has 2 aromatic heterocycles. The molecule has 0 saturated heterocycles. The van der Waals surface area contributed by atoms with Crippen LogP contribution in [0.1, 0.15) is 15.9 Å². The van der Waals surface area contributed by atoms with Crippen LogP contribution in [0.3, 0.4) is 0 Å². The quantitative estimate of drug-likeness (QED) is 0.530. The smallest absolute Gasteiger partial charge is 0.269 e. The van der Waals surface area contributed by atoms with Crippen molar-refractivity contribution in [3.8, 4) is 5.69 Å². The molecule has 0 spiro atoms. The zero-order valence-corrected chi connectivity index (χ0v) is 15.1. The van der Waals surface area contributed by atoms with Crippen LogP contribution in [-0.4, -0.2) is 25.7 Å². The van der Waals surface area contributed by atoms with E-state index in [1.54, 1.807) is 35.1 Å². The number of hydrogen-bond acceptors (Lipinski definition) is 5. The molecule has 0 radical (unpaired) electrons. The van der Waals surface area contributed by atoms with E-state index in [-0.39, 0.29) is 5.91 Å². The Bertz CT molecular complexity index is 1120. The molecule has 1 amide bonds. The molecule has 4 rings (SSSR count). The molecule has 2 heterocycles. The topological polar surface area (TPSA) is 84.7 Å². The van der Waals surface area contributed by atoms with Gasteiger partial charge in [0.15, 0.2) is 11.5 Å². The highest BCUT2D eigenvalue weighted by atomic mass is 35.5. The Morgan fingerprint density at radius 2 is 1.93 bits per heavy atom. The van der Waals surface area contributed by atoms with Crippen molar-refractivity contribution < 1.29 is 4.79 Å². The van der Waals surface area contributed by atoms with E-state index in [1.165, 1.54) is 6.33 Å². The third kappa shape index (κ3) is 3.45. The van der Waals surface area contributed by atoms with Gasteiger partial charge < -0.3 is 0 Å². The number of carbonyl (C=O) groups is 1. The summed E-state index contributed by atoms with van der Waals surface area (Å²) in [7, 11) is 0. The van der Waals surface area contributed by atoms with Crippen LogP contribution in [0.15, 0.2) is 61.1 Å². The molecule has 2 N–H and O–H groups in total. The van der Waals surface area contributed by atoms with Gasteiger partial charge in [0.1, 0.15) is 6.33 Å². The molecule has 0 fully saturated rings. The van der Waals surface area contributed by atoms with E-state index in [1.807, 2.05) is 31.2 Å².